The summed E-state index contributed by atoms with van der Waals surface area (Å²) in [6, 6.07) is 9.92. The molecule has 1 aromatic carbocycles. The third-order valence-corrected chi connectivity index (χ3v) is 6.83. The van der Waals surface area contributed by atoms with Gasteiger partial charge in [0.2, 0.25) is 5.91 Å². The lowest BCUT2D eigenvalue weighted by molar-refractivity contribution is -0.117. The van der Waals surface area contributed by atoms with Crippen molar-refractivity contribution in [3.8, 4) is 17.3 Å². The molecule has 3 atom stereocenters. The Kier molecular flexibility index (Phi) is 4.64. The van der Waals surface area contributed by atoms with E-state index in [2.05, 4.69) is 21.4 Å². The number of nitrogens with one attached hydrogen (secondary N) is 1. The van der Waals surface area contributed by atoms with Crippen molar-refractivity contribution in [2.45, 2.75) is 45.1 Å². The number of amides is 1. The van der Waals surface area contributed by atoms with Crippen LogP contribution in [-0.4, -0.2) is 21.0 Å². The number of aryl methyl sites for hydroxylation is 1. The fraction of sp³-hybridized carbons (Fsp3) is 0.360. The van der Waals surface area contributed by atoms with Crippen molar-refractivity contribution in [2.75, 3.05) is 11.1 Å². The number of nitrogen functional groups attached to an aromatic ring is 1. The summed E-state index contributed by atoms with van der Waals surface area (Å²) in [4.78, 5) is 21.5. The molecule has 7 heteroatoms. The summed E-state index contributed by atoms with van der Waals surface area (Å²) >= 11 is 0. The van der Waals surface area contributed by atoms with Gasteiger partial charge in [-0.05, 0) is 73.2 Å². The van der Waals surface area contributed by atoms with Crippen LogP contribution in [0.5, 0.6) is 0 Å². The highest BCUT2D eigenvalue weighted by molar-refractivity contribution is 5.98. The van der Waals surface area contributed by atoms with Crippen molar-refractivity contribution in [3.63, 3.8) is 0 Å². The number of benzene rings is 1. The summed E-state index contributed by atoms with van der Waals surface area (Å²) in [6.45, 7) is 3.89. The largest absolute Gasteiger partial charge is 0.385 e. The van der Waals surface area contributed by atoms with E-state index in [-0.39, 0.29) is 17.7 Å². The molecule has 2 aromatic heterocycles. The van der Waals surface area contributed by atoms with E-state index in [9.17, 15) is 9.90 Å². The van der Waals surface area contributed by atoms with Gasteiger partial charge in [-0.15, -0.1) is 0 Å². The van der Waals surface area contributed by atoms with Gasteiger partial charge < -0.3 is 16.2 Å². The van der Waals surface area contributed by atoms with Crippen LogP contribution in [0.3, 0.4) is 0 Å². The quantitative estimate of drug-likeness (QED) is 0.581. The highest BCUT2D eigenvalue weighted by atomic mass is 16.3. The minimum Gasteiger partial charge on any atom is -0.385 e. The molecule has 5 rings (SSSR count). The molecule has 0 unspecified atom stereocenters. The van der Waals surface area contributed by atoms with E-state index in [0.29, 0.717) is 24.5 Å². The number of pyridine rings is 2. The van der Waals surface area contributed by atoms with Gasteiger partial charge in [-0.2, -0.15) is 5.26 Å². The van der Waals surface area contributed by atoms with E-state index < -0.39 is 5.60 Å². The van der Waals surface area contributed by atoms with Gasteiger partial charge in [0.05, 0.1) is 17.4 Å². The maximum Gasteiger partial charge on any atom is 0.228 e. The molecule has 0 bridgehead atoms. The van der Waals surface area contributed by atoms with Gasteiger partial charge in [0.25, 0.3) is 0 Å². The topological polar surface area (TPSA) is 125 Å². The van der Waals surface area contributed by atoms with Crippen LogP contribution >= 0.6 is 0 Å². The molecule has 2 heterocycles. The number of nitriles is 1. The number of aliphatic hydroxyl groups is 1. The number of hydrogen-bond acceptors (Lipinski definition) is 6. The highest BCUT2D eigenvalue weighted by Gasteiger charge is 2.42. The monoisotopic (exact) mass is 427 g/mol. The summed E-state index contributed by atoms with van der Waals surface area (Å²) in [5, 5.41) is 24.0. The van der Waals surface area contributed by atoms with Gasteiger partial charge in [0.15, 0.2) is 0 Å². The van der Waals surface area contributed by atoms with E-state index in [4.69, 9.17) is 11.0 Å². The number of hydrogen-bond donors (Lipinski definition) is 3. The molecular weight excluding hydrogens is 402 g/mol. The Morgan fingerprint density at radius 3 is 3.00 bits per heavy atom. The molecule has 162 valence electrons. The zero-order valence-corrected chi connectivity index (χ0v) is 18.1. The SMILES string of the molecule is Cc1ccc2c(c1-c1cc3cc(NC(=O)[C@H]4C[C@@H]4CC#N)ncc3c(N)n1)CC[C@]2(C)O. The van der Waals surface area contributed by atoms with E-state index in [1.54, 1.807) is 6.20 Å². The molecule has 2 aliphatic rings. The van der Waals surface area contributed by atoms with Gasteiger partial charge in [0.1, 0.15) is 11.6 Å². The van der Waals surface area contributed by atoms with Gasteiger partial charge in [-0.3, -0.25) is 4.79 Å². The van der Waals surface area contributed by atoms with Crippen LogP contribution in [0.4, 0.5) is 11.6 Å². The van der Waals surface area contributed by atoms with Crippen LogP contribution in [0.2, 0.25) is 0 Å². The smallest absolute Gasteiger partial charge is 0.228 e. The lowest BCUT2D eigenvalue weighted by Gasteiger charge is -2.19. The number of rotatable bonds is 4. The Labute approximate surface area is 186 Å². The van der Waals surface area contributed by atoms with Crippen LogP contribution in [0.25, 0.3) is 22.0 Å². The molecule has 1 fully saturated rings. The Bertz CT molecular complexity index is 1310. The molecule has 3 aromatic rings. The van der Waals surface area contributed by atoms with Crippen molar-refractivity contribution in [1.29, 1.82) is 5.26 Å². The zero-order valence-electron chi connectivity index (χ0n) is 18.1. The second-order valence-electron chi connectivity index (χ2n) is 9.19. The van der Waals surface area contributed by atoms with Crippen LogP contribution < -0.4 is 11.1 Å². The average molecular weight is 428 g/mol. The molecular formula is C25H25N5O2. The number of carbonyl (C=O) groups excluding carboxylic acids is 1. The predicted octanol–water partition coefficient (Wildman–Crippen LogP) is 3.83. The first-order chi connectivity index (χ1) is 15.3. The Morgan fingerprint density at radius 1 is 1.41 bits per heavy atom. The van der Waals surface area contributed by atoms with Crippen LogP contribution in [0, 0.1) is 30.1 Å². The third kappa shape index (κ3) is 3.37. The summed E-state index contributed by atoms with van der Waals surface area (Å²) in [6.07, 6.45) is 4.24. The van der Waals surface area contributed by atoms with Crippen LogP contribution in [0.15, 0.2) is 30.5 Å². The molecule has 4 N–H and O–H groups in total. The van der Waals surface area contributed by atoms with E-state index in [1.165, 1.54) is 0 Å². The lowest BCUT2D eigenvalue weighted by Crippen LogP contribution is -2.16. The van der Waals surface area contributed by atoms with E-state index in [0.717, 1.165) is 51.6 Å². The Morgan fingerprint density at radius 2 is 2.22 bits per heavy atom. The Balaban J connectivity index is 1.52. The van der Waals surface area contributed by atoms with Crippen molar-refractivity contribution in [3.05, 3.63) is 47.2 Å². The fourth-order valence-electron chi connectivity index (χ4n) is 4.89. The van der Waals surface area contributed by atoms with Gasteiger partial charge in [-0.1, -0.05) is 12.1 Å². The molecule has 2 aliphatic carbocycles. The van der Waals surface area contributed by atoms with Crippen LogP contribution in [0.1, 0.15) is 42.9 Å². The van der Waals surface area contributed by atoms with Gasteiger partial charge in [-0.25, -0.2) is 9.97 Å². The summed E-state index contributed by atoms with van der Waals surface area (Å²) in [7, 11) is 0. The van der Waals surface area contributed by atoms with Gasteiger partial charge >= 0.3 is 0 Å². The third-order valence-electron chi connectivity index (χ3n) is 6.83. The first kappa shape index (κ1) is 20.4. The van der Waals surface area contributed by atoms with Crippen molar-refractivity contribution in [1.82, 2.24) is 9.97 Å². The molecule has 0 aliphatic heterocycles. The zero-order chi connectivity index (χ0) is 22.6. The lowest BCUT2D eigenvalue weighted by atomic mass is 9.91. The van der Waals surface area contributed by atoms with E-state index >= 15 is 0 Å². The number of nitrogens with two attached hydrogens (primary N) is 1. The summed E-state index contributed by atoms with van der Waals surface area (Å²) in [5.41, 5.74) is 10.3. The standard InChI is InChI=1S/C25H25N5O2/c1-13-3-4-19-16(5-7-25(19,2)32)22(13)20-10-15-11-21(28-12-18(15)23(27)29-20)30-24(31)17-9-14(17)6-8-26/h3-4,10-12,14,17,32H,5-7,9H2,1-2H3,(H2,27,29)(H,28,30,31)/t14-,17-,25-/m0/s1. The molecule has 0 spiro atoms. The molecule has 7 nitrogen and oxygen atoms in total. The first-order valence-electron chi connectivity index (χ1n) is 10.9. The minimum absolute atomic E-state index is 0.0988. The molecule has 32 heavy (non-hydrogen) atoms. The minimum atomic E-state index is -0.840. The first-order valence-corrected chi connectivity index (χ1v) is 10.9. The molecule has 1 saturated carbocycles. The highest BCUT2D eigenvalue weighted by Crippen LogP contribution is 2.43. The number of fused-ring (bicyclic) bond motifs is 2. The van der Waals surface area contributed by atoms with Crippen LogP contribution in [-0.2, 0) is 16.8 Å². The second-order valence-corrected chi connectivity index (χ2v) is 9.19. The number of carbonyl (C=O) groups is 1. The van der Waals surface area contributed by atoms with Crippen molar-refractivity contribution in [2.24, 2.45) is 11.8 Å². The van der Waals surface area contributed by atoms with Gasteiger partial charge in [0, 0.05) is 29.5 Å². The molecule has 1 amide bonds. The number of nitrogens with zero attached hydrogens (tertiary/aromatic N) is 3. The maximum absolute atomic E-state index is 12.5. The fourth-order valence-corrected chi connectivity index (χ4v) is 4.89. The molecule has 0 radical (unpaired) electrons. The number of anilines is 2. The van der Waals surface area contributed by atoms with Crippen molar-refractivity contribution >= 4 is 28.3 Å². The van der Waals surface area contributed by atoms with Crippen molar-refractivity contribution < 1.29 is 9.90 Å². The summed E-state index contributed by atoms with van der Waals surface area (Å²) in [5.74, 6) is 0.763. The molecule has 0 saturated heterocycles. The Hall–Kier alpha value is -3.50. The summed E-state index contributed by atoms with van der Waals surface area (Å²) < 4.78 is 0. The maximum atomic E-state index is 12.5. The number of aromatic nitrogens is 2. The second kappa shape index (κ2) is 7.28. The predicted molar refractivity (Wildman–Crippen MR) is 122 cm³/mol. The average Bonchev–Trinajstić information content (AvgIpc) is 3.44. The normalized spacial score (nSPS) is 23.6. The van der Waals surface area contributed by atoms with E-state index in [1.807, 2.05) is 38.1 Å².